The third kappa shape index (κ3) is 3.94. The van der Waals surface area contributed by atoms with E-state index >= 15 is 0 Å². The Bertz CT molecular complexity index is 417. The van der Waals surface area contributed by atoms with Gasteiger partial charge < -0.3 is 15.2 Å². The fourth-order valence-corrected chi connectivity index (χ4v) is 3.20. The Kier molecular flexibility index (Phi) is 5.25. The molecule has 106 valence electrons. The number of ether oxygens (including phenoxy) is 1. The van der Waals surface area contributed by atoms with Gasteiger partial charge >= 0.3 is 0 Å². The second-order valence-electron chi connectivity index (χ2n) is 5.29. The van der Waals surface area contributed by atoms with E-state index in [1.54, 1.807) is 7.11 Å². The fourth-order valence-electron chi connectivity index (χ4n) is 2.64. The molecule has 2 N–H and O–H groups in total. The first-order valence-electron chi connectivity index (χ1n) is 6.87. The molecule has 0 heterocycles. The van der Waals surface area contributed by atoms with Crippen LogP contribution in [0.25, 0.3) is 0 Å². The topological polar surface area (TPSA) is 41.5 Å². The maximum Gasteiger partial charge on any atom is 0.133 e. The molecule has 1 saturated carbocycles. The van der Waals surface area contributed by atoms with Gasteiger partial charge in [-0.2, -0.15) is 0 Å². The van der Waals surface area contributed by atoms with E-state index in [4.69, 9.17) is 4.74 Å². The zero-order valence-corrected chi connectivity index (χ0v) is 13.1. The maximum absolute atomic E-state index is 9.52. The minimum Gasteiger partial charge on any atom is -0.496 e. The van der Waals surface area contributed by atoms with Crippen LogP contribution in [0.2, 0.25) is 0 Å². The van der Waals surface area contributed by atoms with Crippen LogP contribution in [0.3, 0.4) is 0 Å². The van der Waals surface area contributed by atoms with Crippen molar-refractivity contribution in [3.63, 3.8) is 0 Å². The van der Waals surface area contributed by atoms with Crippen molar-refractivity contribution in [2.24, 2.45) is 0 Å². The molecule has 1 unspecified atom stereocenters. The molecular weight excluding hydrogens is 306 g/mol. The lowest BCUT2D eigenvalue weighted by molar-refractivity contribution is 0.114. The summed E-state index contributed by atoms with van der Waals surface area (Å²) in [7, 11) is 1.68. The Balaban J connectivity index is 1.96. The number of halogens is 1. The average Bonchev–Trinajstić information content (AvgIpc) is 2.41. The highest BCUT2D eigenvalue weighted by molar-refractivity contribution is 9.10. The number of rotatable bonds is 4. The van der Waals surface area contributed by atoms with Crippen LogP contribution in [0.5, 0.6) is 5.75 Å². The van der Waals surface area contributed by atoms with Crippen molar-refractivity contribution in [2.45, 2.75) is 50.8 Å². The lowest BCUT2D eigenvalue weighted by Gasteiger charge is -2.29. The van der Waals surface area contributed by atoms with Crippen LogP contribution in [0.4, 0.5) is 0 Å². The summed E-state index contributed by atoms with van der Waals surface area (Å²) in [6.07, 6.45) is 3.85. The molecule has 1 aromatic carbocycles. The van der Waals surface area contributed by atoms with Crippen molar-refractivity contribution in [3.8, 4) is 5.75 Å². The molecule has 0 saturated heterocycles. The Hall–Kier alpha value is -0.580. The minimum atomic E-state index is -0.0940. The molecule has 1 aliphatic rings. The van der Waals surface area contributed by atoms with Crippen molar-refractivity contribution in [1.82, 2.24) is 5.32 Å². The Morgan fingerprint density at radius 3 is 2.58 bits per heavy atom. The van der Waals surface area contributed by atoms with Gasteiger partial charge in [0.05, 0.1) is 17.7 Å². The molecule has 0 radical (unpaired) electrons. The predicted octanol–water partition coefficient (Wildman–Crippen LogP) is 3.41. The Morgan fingerprint density at radius 2 is 2.00 bits per heavy atom. The molecule has 4 heteroatoms. The van der Waals surface area contributed by atoms with E-state index < -0.39 is 0 Å². The van der Waals surface area contributed by atoms with E-state index in [-0.39, 0.29) is 6.10 Å². The van der Waals surface area contributed by atoms with Crippen molar-refractivity contribution in [1.29, 1.82) is 0 Å². The highest BCUT2D eigenvalue weighted by Gasteiger charge is 2.21. The van der Waals surface area contributed by atoms with Crippen molar-refractivity contribution in [2.75, 3.05) is 7.11 Å². The SMILES string of the molecule is COc1ccc(C(C)NC2CCC(O)CC2)cc1Br. The van der Waals surface area contributed by atoms with Gasteiger partial charge in [0, 0.05) is 12.1 Å². The molecule has 19 heavy (non-hydrogen) atoms. The Labute approximate surface area is 123 Å². The molecule has 1 atom stereocenters. The van der Waals surface area contributed by atoms with Crippen LogP contribution >= 0.6 is 15.9 Å². The number of hydrogen-bond acceptors (Lipinski definition) is 3. The molecule has 1 aliphatic carbocycles. The van der Waals surface area contributed by atoms with Crippen LogP contribution in [-0.2, 0) is 0 Å². The smallest absolute Gasteiger partial charge is 0.133 e. The van der Waals surface area contributed by atoms with E-state index in [1.807, 2.05) is 6.07 Å². The summed E-state index contributed by atoms with van der Waals surface area (Å²) in [4.78, 5) is 0. The number of aliphatic hydroxyl groups is 1. The first kappa shape index (κ1) is 14.8. The second-order valence-corrected chi connectivity index (χ2v) is 6.14. The molecule has 0 aromatic heterocycles. The van der Waals surface area contributed by atoms with Gasteiger partial charge in [-0.25, -0.2) is 0 Å². The van der Waals surface area contributed by atoms with Gasteiger partial charge in [0.15, 0.2) is 0 Å². The second kappa shape index (κ2) is 6.73. The largest absolute Gasteiger partial charge is 0.496 e. The first-order chi connectivity index (χ1) is 9.10. The molecule has 0 amide bonds. The van der Waals surface area contributed by atoms with E-state index in [0.29, 0.717) is 12.1 Å². The quantitative estimate of drug-likeness (QED) is 0.890. The zero-order chi connectivity index (χ0) is 13.8. The number of nitrogens with one attached hydrogen (secondary N) is 1. The van der Waals surface area contributed by atoms with Gasteiger partial charge in [-0.3, -0.25) is 0 Å². The number of aliphatic hydroxyl groups excluding tert-OH is 1. The first-order valence-corrected chi connectivity index (χ1v) is 7.67. The molecule has 3 nitrogen and oxygen atoms in total. The van der Waals surface area contributed by atoms with Gasteiger partial charge in [-0.05, 0) is 66.2 Å². The maximum atomic E-state index is 9.52. The number of benzene rings is 1. The van der Waals surface area contributed by atoms with Crippen LogP contribution in [0.1, 0.15) is 44.2 Å². The normalized spacial score (nSPS) is 25.1. The zero-order valence-electron chi connectivity index (χ0n) is 11.5. The fraction of sp³-hybridized carbons (Fsp3) is 0.600. The molecular formula is C15H22BrNO2. The van der Waals surface area contributed by atoms with Gasteiger partial charge in [0.25, 0.3) is 0 Å². The molecule has 2 rings (SSSR count). The standard InChI is InChI=1S/C15H22BrNO2/c1-10(17-12-4-6-13(18)7-5-12)11-3-8-15(19-2)14(16)9-11/h3,8-10,12-13,17-18H,4-7H2,1-2H3. The highest BCUT2D eigenvalue weighted by atomic mass is 79.9. The molecule has 1 aromatic rings. The molecule has 0 aliphatic heterocycles. The van der Waals surface area contributed by atoms with Gasteiger partial charge in [0.1, 0.15) is 5.75 Å². The summed E-state index contributed by atoms with van der Waals surface area (Å²) >= 11 is 3.52. The summed E-state index contributed by atoms with van der Waals surface area (Å²) in [5.41, 5.74) is 1.25. The van der Waals surface area contributed by atoms with Crippen LogP contribution in [0, 0.1) is 0 Å². The average molecular weight is 328 g/mol. The van der Waals surface area contributed by atoms with E-state index in [2.05, 4.69) is 40.3 Å². The summed E-state index contributed by atoms with van der Waals surface area (Å²) in [5.74, 6) is 0.858. The highest BCUT2D eigenvalue weighted by Crippen LogP contribution is 2.29. The minimum absolute atomic E-state index is 0.0940. The van der Waals surface area contributed by atoms with Crippen LogP contribution < -0.4 is 10.1 Å². The monoisotopic (exact) mass is 327 g/mol. The third-order valence-electron chi connectivity index (χ3n) is 3.86. The summed E-state index contributed by atoms with van der Waals surface area (Å²) < 4.78 is 6.23. The summed E-state index contributed by atoms with van der Waals surface area (Å²) in [6.45, 7) is 2.18. The van der Waals surface area contributed by atoms with Crippen molar-refractivity contribution in [3.05, 3.63) is 28.2 Å². The predicted molar refractivity (Wildman–Crippen MR) is 80.5 cm³/mol. The van der Waals surface area contributed by atoms with E-state index in [9.17, 15) is 5.11 Å². The van der Waals surface area contributed by atoms with Crippen molar-refractivity contribution < 1.29 is 9.84 Å². The molecule has 1 fully saturated rings. The summed E-state index contributed by atoms with van der Waals surface area (Å²) in [6, 6.07) is 7.01. The Morgan fingerprint density at radius 1 is 1.32 bits per heavy atom. The molecule has 0 spiro atoms. The lowest BCUT2D eigenvalue weighted by Crippen LogP contribution is -2.36. The van der Waals surface area contributed by atoms with Crippen molar-refractivity contribution >= 4 is 15.9 Å². The number of hydrogen-bond donors (Lipinski definition) is 2. The van der Waals surface area contributed by atoms with Gasteiger partial charge in [0.2, 0.25) is 0 Å². The van der Waals surface area contributed by atoms with Crippen LogP contribution in [-0.4, -0.2) is 24.4 Å². The van der Waals surface area contributed by atoms with Gasteiger partial charge in [-0.1, -0.05) is 6.07 Å². The van der Waals surface area contributed by atoms with E-state index in [1.165, 1.54) is 5.56 Å². The van der Waals surface area contributed by atoms with Crippen LogP contribution in [0.15, 0.2) is 22.7 Å². The lowest BCUT2D eigenvalue weighted by atomic mass is 9.92. The van der Waals surface area contributed by atoms with Gasteiger partial charge in [-0.15, -0.1) is 0 Å². The third-order valence-corrected chi connectivity index (χ3v) is 4.48. The molecule has 0 bridgehead atoms. The van der Waals surface area contributed by atoms with E-state index in [0.717, 1.165) is 35.9 Å². The number of methoxy groups -OCH3 is 1. The summed E-state index contributed by atoms with van der Waals surface area (Å²) in [5, 5.41) is 13.2.